The lowest BCUT2D eigenvalue weighted by atomic mass is 10.0. The lowest BCUT2D eigenvalue weighted by molar-refractivity contribution is -0.116. The third-order valence-corrected chi connectivity index (χ3v) is 7.68. The van der Waals surface area contributed by atoms with Crippen LogP contribution in [-0.2, 0) is 30.8 Å². The molecule has 4 N–H and O–H groups in total. The Labute approximate surface area is 233 Å². The van der Waals surface area contributed by atoms with Crippen LogP contribution in [0.5, 0.6) is 0 Å². The van der Waals surface area contributed by atoms with Crippen molar-refractivity contribution in [1.29, 1.82) is 0 Å². The van der Waals surface area contributed by atoms with Crippen LogP contribution >= 0.6 is 0 Å². The summed E-state index contributed by atoms with van der Waals surface area (Å²) in [7, 11) is 2.09. The maximum Gasteiger partial charge on any atom is 0.251 e. The number of carbonyl (C=O) groups is 2. The fourth-order valence-electron chi connectivity index (χ4n) is 5.23. The summed E-state index contributed by atoms with van der Waals surface area (Å²) in [6.07, 6.45) is 7.42. The van der Waals surface area contributed by atoms with Gasteiger partial charge in [-0.15, -0.1) is 0 Å². The molecule has 4 rings (SSSR count). The van der Waals surface area contributed by atoms with Crippen molar-refractivity contribution in [3.05, 3.63) is 101 Å². The van der Waals surface area contributed by atoms with Crippen molar-refractivity contribution in [2.75, 3.05) is 18.9 Å². The topological polar surface area (TPSA) is 87.5 Å². The van der Waals surface area contributed by atoms with Gasteiger partial charge in [0, 0.05) is 43.9 Å². The maximum atomic E-state index is 13.0. The van der Waals surface area contributed by atoms with Crippen molar-refractivity contribution in [2.24, 2.45) is 11.7 Å². The van der Waals surface area contributed by atoms with E-state index in [0.717, 1.165) is 41.8 Å². The summed E-state index contributed by atoms with van der Waals surface area (Å²) >= 11 is 0. The van der Waals surface area contributed by atoms with E-state index in [0.29, 0.717) is 37.5 Å². The number of nitrogens with zero attached hydrogens (tertiary/aromatic N) is 1. The highest BCUT2D eigenvalue weighted by Crippen LogP contribution is 2.29. The number of likely N-dealkylation sites (N-methyl/N-ethyl adjacent to an activating group) is 1. The van der Waals surface area contributed by atoms with E-state index in [4.69, 9.17) is 5.73 Å². The minimum Gasteiger partial charge on any atom is -0.348 e. The Balaban J connectivity index is 1.41. The number of nitrogens with two attached hydrogens (primary N) is 1. The van der Waals surface area contributed by atoms with E-state index >= 15 is 0 Å². The van der Waals surface area contributed by atoms with Crippen molar-refractivity contribution >= 4 is 17.5 Å². The van der Waals surface area contributed by atoms with Gasteiger partial charge in [-0.05, 0) is 60.2 Å². The van der Waals surface area contributed by atoms with Gasteiger partial charge in [0.15, 0.2) is 0 Å². The Morgan fingerprint density at radius 3 is 2.36 bits per heavy atom. The lowest BCUT2D eigenvalue weighted by Crippen LogP contribution is -2.25. The van der Waals surface area contributed by atoms with E-state index < -0.39 is 0 Å². The van der Waals surface area contributed by atoms with Gasteiger partial charge in [0.1, 0.15) is 0 Å². The van der Waals surface area contributed by atoms with Crippen LogP contribution in [0.3, 0.4) is 0 Å². The summed E-state index contributed by atoms with van der Waals surface area (Å²) in [5.74, 6) is 0.520. The van der Waals surface area contributed by atoms with Gasteiger partial charge in [-0.25, -0.2) is 0 Å². The molecule has 6 nitrogen and oxygen atoms in total. The normalized spacial score (nSPS) is 13.5. The molecule has 0 radical (unpaired) electrons. The zero-order valence-corrected chi connectivity index (χ0v) is 23.1. The second kappa shape index (κ2) is 14.6. The first-order chi connectivity index (χ1) is 19.0. The molecule has 3 aromatic carbocycles. The van der Waals surface area contributed by atoms with E-state index in [1.54, 1.807) is 0 Å². The average Bonchev–Trinajstić information content (AvgIpc) is 3.49. The second-order valence-corrected chi connectivity index (χ2v) is 10.8. The van der Waals surface area contributed by atoms with E-state index in [1.807, 2.05) is 48.5 Å². The molecule has 0 aliphatic heterocycles. The van der Waals surface area contributed by atoms with Gasteiger partial charge in [0.2, 0.25) is 5.91 Å². The molecular formula is C33H42N4O2. The Morgan fingerprint density at radius 1 is 0.923 bits per heavy atom. The number of hydrogen-bond acceptors (Lipinski definition) is 4. The number of nitrogens with one attached hydrogen (secondary N) is 2. The summed E-state index contributed by atoms with van der Waals surface area (Å²) < 4.78 is 0. The summed E-state index contributed by atoms with van der Waals surface area (Å²) in [5, 5.41) is 6.14. The number of amides is 2. The molecule has 0 aromatic heterocycles. The monoisotopic (exact) mass is 526 g/mol. The Morgan fingerprint density at radius 2 is 1.64 bits per heavy atom. The minimum absolute atomic E-state index is 0.0210. The first-order valence-corrected chi connectivity index (χ1v) is 14.2. The SMILES string of the molecule is CN(CCc1ccccc1)Cc1ccc(C(=O)NCc2ccc(CN)cc2)cc1NC(=O)CCC1CCCC1. The van der Waals surface area contributed by atoms with Gasteiger partial charge in [-0.1, -0.05) is 86.3 Å². The third kappa shape index (κ3) is 9.05. The van der Waals surface area contributed by atoms with Crippen LogP contribution in [-0.4, -0.2) is 30.3 Å². The summed E-state index contributed by atoms with van der Waals surface area (Å²) in [4.78, 5) is 28.2. The van der Waals surface area contributed by atoms with Gasteiger partial charge < -0.3 is 21.3 Å². The van der Waals surface area contributed by atoms with Crippen LogP contribution in [0.2, 0.25) is 0 Å². The molecule has 0 bridgehead atoms. The fraction of sp³-hybridized carbons (Fsp3) is 0.394. The van der Waals surface area contributed by atoms with Crippen molar-refractivity contribution in [1.82, 2.24) is 10.2 Å². The molecule has 0 atom stereocenters. The van der Waals surface area contributed by atoms with Crippen molar-refractivity contribution < 1.29 is 9.59 Å². The number of benzene rings is 3. The first-order valence-electron chi connectivity index (χ1n) is 14.2. The van der Waals surface area contributed by atoms with Crippen molar-refractivity contribution in [3.63, 3.8) is 0 Å². The highest BCUT2D eigenvalue weighted by molar-refractivity contribution is 5.97. The Bertz CT molecular complexity index is 1200. The Hall–Kier alpha value is -3.48. The zero-order chi connectivity index (χ0) is 27.5. The smallest absolute Gasteiger partial charge is 0.251 e. The molecule has 0 saturated heterocycles. The number of rotatable bonds is 13. The van der Waals surface area contributed by atoms with Gasteiger partial charge in [-0.2, -0.15) is 0 Å². The van der Waals surface area contributed by atoms with E-state index in [2.05, 4.69) is 46.8 Å². The minimum atomic E-state index is -0.164. The summed E-state index contributed by atoms with van der Waals surface area (Å²) in [6.45, 7) is 2.50. The molecule has 1 aliphatic carbocycles. The molecule has 39 heavy (non-hydrogen) atoms. The third-order valence-electron chi connectivity index (χ3n) is 7.68. The predicted octanol–water partition coefficient (Wildman–Crippen LogP) is 5.66. The van der Waals surface area contributed by atoms with E-state index in [9.17, 15) is 9.59 Å². The standard InChI is InChI=1S/C33H42N4O2/c1-37(20-19-26-7-3-2-4-8-26)24-30-17-16-29(33(39)35-23-28-13-11-27(22-34)12-14-28)21-31(30)36-32(38)18-15-25-9-5-6-10-25/h2-4,7-8,11-14,16-17,21,25H,5-6,9-10,15,18-20,22-24,34H2,1H3,(H,35,39)(H,36,38). The number of hydrogen-bond donors (Lipinski definition) is 3. The fourth-order valence-corrected chi connectivity index (χ4v) is 5.23. The summed E-state index contributed by atoms with van der Waals surface area (Å²) in [6, 6.07) is 24.0. The molecule has 1 saturated carbocycles. The van der Waals surface area contributed by atoms with Gasteiger partial charge in [-0.3, -0.25) is 9.59 Å². The molecule has 0 unspecified atom stereocenters. The highest BCUT2D eigenvalue weighted by Gasteiger charge is 2.18. The molecule has 2 amide bonds. The highest BCUT2D eigenvalue weighted by atomic mass is 16.2. The van der Waals surface area contributed by atoms with Crippen LogP contribution in [0.1, 0.15) is 71.1 Å². The van der Waals surface area contributed by atoms with Crippen LogP contribution in [0.25, 0.3) is 0 Å². The molecule has 6 heteroatoms. The van der Waals surface area contributed by atoms with Gasteiger partial charge in [0.05, 0.1) is 0 Å². The zero-order valence-electron chi connectivity index (χ0n) is 23.1. The van der Waals surface area contributed by atoms with Crippen LogP contribution < -0.4 is 16.4 Å². The van der Waals surface area contributed by atoms with Crippen LogP contribution in [0.4, 0.5) is 5.69 Å². The molecule has 1 aliphatic rings. The summed E-state index contributed by atoms with van der Waals surface area (Å²) in [5.41, 5.74) is 11.3. The van der Waals surface area contributed by atoms with Gasteiger partial charge >= 0.3 is 0 Å². The maximum absolute atomic E-state index is 13.0. The number of carbonyl (C=O) groups excluding carboxylic acids is 2. The quantitative estimate of drug-likeness (QED) is 0.268. The molecule has 206 valence electrons. The molecule has 1 fully saturated rings. The van der Waals surface area contributed by atoms with Crippen LogP contribution in [0.15, 0.2) is 72.8 Å². The predicted molar refractivity (Wildman–Crippen MR) is 158 cm³/mol. The van der Waals surface area contributed by atoms with E-state index in [-0.39, 0.29) is 11.8 Å². The average molecular weight is 527 g/mol. The van der Waals surface area contributed by atoms with Crippen LogP contribution in [0, 0.1) is 5.92 Å². The molecular weight excluding hydrogens is 484 g/mol. The molecule has 3 aromatic rings. The first kappa shape index (κ1) is 28.5. The lowest BCUT2D eigenvalue weighted by Gasteiger charge is -2.20. The van der Waals surface area contributed by atoms with Gasteiger partial charge in [0.25, 0.3) is 5.91 Å². The molecule has 0 spiro atoms. The van der Waals surface area contributed by atoms with Crippen molar-refractivity contribution in [3.8, 4) is 0 Å². The molecule has 0 heterocycles. The number of anilines is 1. The second-order valence-electron chi connectivity index (χ2n) is 10.8. The van der Waals surface area contributed by atoms with Crippen molar-refractivity contribution in [2.45, 2.75) is 64.6 Å². The van der Waals surface area contributed by atoms with E-state index in [1.165, 1.54) is 31.2 Å². The Kier molecular flexibility index (Phi) is 10.7. The largest absolute Gasteiger partial charge is 0.348 e.